The molecule has 0 aromatic heterocycles. The molecule has 1 nitrogen and oxygen atoms in total. The number of benzene rings is 1. The summed E-state index contributed by atoms with van der Waals surface area (Å²) in [5.74, 6) is 0. The van der Waals surface area contributed by atoms with Crippen LogP contribution in [0.3, 0.4) is 0 Å². The molecular weight excluding hydrogens is 238 g/mol. The van der Waals surface area contributed by atoms with Crippen LogP contribution in [0.1, 0.15) is 12.0 Å². The highest BCUT2D eigenvalue weighted by Crippen LogP contribution is 2.39. The Labute approximate surface area is 92.4 Å². The van der Waals surface area contributed by atoms with Crippen LogP contribution < -0.4 is 5.73 Å². The van der Waals surface area contributed by atoms with Crippen LogP contribution in [0.4, 0.5) is 0 Å². The molecule has 72 valence electrons. The average molecular weight is 250 g/mol. The number of rotatable bonds is 1. The van der Waals surface area contributed by atoms with E-state index in [1.807, 2.05) is 30.4 Å². The first-order valence-corrected chi connectivity index (χ1v) is 5.39. The van der Waals surface area contributed by atoms with Crippen LogP contribution in [-0.2, 0) is 4.32 Å². The van der Waals surface area contributed by atoms with Gasteiger partial charge in [0.05, 0.1) is 4.32 Å². The van der Waals surface area contributed by atoms with Crippen molar-refractivity contribution in [1.29, 1.82) is 0 Å². The third kappa shape index (κ3) is 1.75. The van der Waals surface area contributed by atoms with Crippen LogP contribution in [0.15, 0.2) is 54.3 Å². The van der Waals surface area contributed by atoms with E-state index in [9.17, 15) is 0 Å². The highest BCUT2D eigenvalue weighted by atomic mass is 79.9. The lowest BCUT2D eigenvalue weighted by Gasteiger charge is -2.25. The van der Waals surface area contributed by atoms with Crippen molar-refractivity contribution >= 4 is 15.9 Å². The summed E-state index contributed by atoms with van der Waals surface area (Å²) in [7, 11) is 0. The number of hydrogen-bond acceptors (Lipinski definition) is 1. The molecule has 2 rings (SSSR count). The monoisotopic (exact) mass is 249 g/mol. The summed E-state index contributed by atoms with van der Waals surface area (Å²) in [4.78, 5) is 0. The molecule has 1 aliphatic rings. The number of alkyl halides is 1. The molecule has 0 amide bonds. The molecule has 0 saturated carbocycles. The number of hydrogen-bond donors (Lipinski definition) is 1. The second-order valence-electron chi connectivity index (χ2n) is 3.47. The van der Waals surface area contributed by atoms with E-state index in [2.05, 4.69) is 34.1 Å². The van der Waals surface area contributed by atoms with Crippen LogP contribution in [0, 0.1) is 0 Å². The van der Waals surface area contributed by atoms with Crippen molar-refractivity contribution in [3.8, 4) is 0 Å². The summed E-state index contributed by atoms with van der Waals surface area (Å²) < 4.78 is -0.0723. The van der Waals surface area contributed by atoms with Gasteiger partial charge >= 0.3 is 0 Å². The quantitative estimate of drug-likeness (QED) is 0.761. The third-order valence-corrected chi connectivity index (χ3v) is 3.47. The molecule has 0 aliphatic heterocycles. The van der Waals surface area contributed by atoms with E-state index in [0.29, 0.717) is 0 Å². The molecular formula is C12H12BrN. The van der Waals surface area contributed by atoms with Gasteiger partial charge in [0.1, 0.15) is 0 Å². The van der Waals surface area contributed by atoms with Gasteiger partial charge in [-0.05, 0) is 18.1 Å². The molecule has 0 heterocycles. The van der Waals surface area contributed by atoms with Crippen LogP contribution in [0.2, 0.25) is 0 Å². The fourth-order valence-corrected chi connectivity index (χ4v) is 2.12. The normalized spacial score (nSPS) is 25.9. The highest BCUT2D eigenvalue weighted by molar-refractivity contribution is 9.09. The highest BCUT2D eigenvalue weighted by Gasteiger charge is 2.26. The molecule has 0 saturated heterocycles. The summed E-state index contributed by atoms with van der Waals surface area (Å²) in [6.45, 7) is 0. The second-order valence-corrected chi connectivity index (χ2v) is 4.89. The van der Waals surface area contributed by atoms with E-state index < -0.39 is 0 Å². The molecule has 2 N–H and O–H groups in total. The maximum Gasteiger partial charge on any atom is 0.0724 e. The minimum Gasteiger partial charge on any atom is -0.399 e. The number of halogens is 1. The van der Waals surface area contributed by atoms with Gasteiger partial charge in [-0.15, -0.1) is 0 Å². The van der Waals surface area contributed by atoms with E-state index in [1.165, 1.54) is 5.56 Å². The van der Waals surface area contributed by atoms with Crippen molar-refractivity contribution in [2.75, 3.05) is 0 Å². The number of allylic oxidation sites excluding steroid dienone is 3. The lowest BCUT2D eigenvalue weighted by Crippen LogP contribution is -2.17. The zero-order valence-electron chi connectivity index (χ0n) is 7.78. The smallest absolute Gasteiger partial charge is 0.0724 e. The Morgan fingerprint density at radius 1 is 1.21 bits per heavy atom. The van der Waals surface area contributed by atoms with E-state index in [1.54, 1.807) is 0 Å². The molecule has 1 atom stereocenters. The molecule has 1 aromatic carbocycles. The first-order chi connectivity index (χ1) is 6.71. The topological polar surface area (TPSA) is 26.0 Å². The third-order valence-electron chi connectivity index (χ3n) is 2.43. The molecule has 0 radical (unpaired) electrons. The van der Waals surface area contributed by atoms with Crippen molar-refractivity contribution in [2.45, 2.75) is 10.7 Å². The Kier molecular flexibility index (Phi) is 2.46. The molecule has 2 heteroatoms. The molecule has 14 heavy (non-hydrogen) atoms. The zero-order chi connectivity index (χ0) is 10.0. The first-order valence-electron chi connectivity index (χ1n) is 4.60. The molecule has 0 fully saturated rings. The minimum absolute atomic E-state index is 0.0723. The van der Waals surface area contributed by atoms with Gasteiger partial charge in [0.15, 0.2) is 0 Å². The first kappa shape index (κ1) is 9.53. The fraction of sp³-hybridized carbons (Fsp3) is 0.167. The molecule has 1 aliphatic carbocycles. The maximum atomic E-state index is 5.69. The Morgan fingerprint density at radius 3 is 2.50 bits per heavy atom. The van der Waals surface area contributed by atoms with Gasteiger partial charge in [0.2, 0.25) is 0 Å². The van der Waals surface area contributed by atoms with Gasteiger partial charge in [-0.2, -0.15) is 0 Å². The predicted molar refractivity (Wildman–Crippen MR) is 63.1 cm³/mol. The second kappa shape index (κ2) is 3.62. The predicted octanol–water partition coefficient (Wildman–Crippen LogP) is 3.08. The molecule has 0 spiro atoms. The fourth-order valence-electron chi connectivity index (χ4n) is 1.56. The van der Waals surface area contributed by atoms with E-state index in [0.717, 1.165) is 12.1 Å². The summed E-state index contributed by atoms with van der Waals surface area (Å²) in [5, 5.41) is 0. The SMILES string of the molecule is NC1=CCC(Br)(c2ccccc2)C=C1. The van der Waals surface area contributed by atoms with E-state index in [-0.39, 0.29) is 4.32 Å². The summed E-state index contributed by atoms with van der Waals surface area (Å²) >= 11 is 3.74. The maximum absolute atomic E-state index is 5.69. The Morgan fingerprint density at radius 2 is 1.93 bits per heavy atom. The standard InChI is InChI=1S/C12H12BrN/c13-12(8-6-11(14)7-9-12)10-4-2-1-3-5-10/h1-8H,9,14H2. The van der Waals surface area contributed by atoms with Gasteiger partial charge in [-0.25, -0.2) is 0 Å². The van der Waals surface area contributed by atoms with Gasteiger partial charge < -0.3 is 5.73 Å². The van der Waals surface area contributed by atoms with Crippen LogP contribution >= 0.6 is 15.9 Å². The molecule has 1 aromatic rings. The zero-order valence-corrected chi connectivity index (χ0v) is 9.37. The van der Waals surface area contributed by atoms with E-state index in [4.69, 9.17) is 5.73 Å². The van der Waals surface area contributed by atoms with Gasteiger partial charge in [-0.1, -0.05) is 58.4 Å². The average Bonchev–Trinajstić information content (AvgIpc) is 2.24. The van der Waals surface area contributed by atoms with Gasteiger partial charge in [-0.3, -0.25) is 0 Å². The Bertz CT molecular complexity index is 381. The summed E-state index contributed by atoms with van der Waals surface area (Å²) in [5.41, 5.74) is 7.79. The Balaban J connectivity index is 2.32. The van der Waals surface area contributed by atoms with Gasteiger partial charge in [0.25, 0.3) is 0 Å². The molecule has 0 bridgehead atoms. The summed E-state index contributed by atoms with van der Waals surface area (Å²) in [6.07, 6.45) is 7.00. The number of nitrogens with two attached hydrogens (primary N) is 1. The van der Waals surface area contributed by atoms with Crippen molar-refractivity contribution in [2.24, 2.45) is 5.73 Å². The van der Waals surface area contributed by atoms with Crippen LogP contribution in [0.5, 0.6) is 0 Å². The van der Waals surface area contributed by atoms with Crippen molar-refractivity contribution in [3.63, 3.8) is 0 Å². The largest absolute Gasteiger partial charge is 0.399 e. The summed E-state index contributed by atoms with van der Waals surface area (Å²) in [6, 6.07) is 10.4. The van der Waals surface area contributed by atoms with Gasteiger partial charge in [0, 0.05) is 5.70 Å². The molecule has 1 unspecified atom stereocenters. The lowest BCUT2D eigenvalue weighted by atomic mass is 9.91. The van der Waals surface area contributed by atoms with Crippen molar-refractivity contribution in [1.82, 2.24) is 0 Å². The van der Waals surface area contributed by atoms with Crippen molar-refractivity contribution in [3.05, 3.63) is 59.8 Å². The van der Waals surface area contributed by atoms with Crippen molar-refractivity contribution < 1.29 is 0 Å². The van der Waals surface area contributed by atoms with Crippen LogP contribution in [-0.4, -0.2) is 0 Å². The minimum atomic E-state index is -0.0723. The Hall–Kier alpha value is -1.02. The van der Waals surface area contributed by atoms with Crippen LogP contribution in [0.25, 0.3) is 0 Å². The van der Waals surface area contributed by atoms with E-state index >= 15 is 0 Å². The lowest BCUT2D eigenvalue weighted by molar-refractivity contribution is 0.788.